The van der Waals surface area contributed by atoms with Crippen LogP contribution in [0.3, 0.4) is 0 Å². The second-order valence-corrected chi connectivity index (χ2v) is 4.41. The topological polar surface area (TPSA) is 29.5 Å². The van der Waals surface area contributed by atoms with Gasteiger partial charge in [0.25, 0.3) is 0 Å². The Morgan fingerprint density at radius 2 is 1.74 bits per heavy atom. The van der Waals surface area contributed by atoms with Crippen LogP contribution < -0.4 is 4.74 Å². The van der Waals surface area contributed by atoms with Crippen molar-refractivity contribution < 1.29 is 9.84 Å². The maximum absolute atomic E-state index is 9.28. The van der Waals surface area contributed by atoms with Crippen LogP contribution in [0.4, 0.5) is 0 Å². The molecule has 2 heteroatoms. The van der Waals surface area contributed by atoms with Gasteiger partial charge in [-0.15, -0.1) is 0 Å². The summed E-state index contributed by atoms with van der Waals surface area (Å²) in [5.74, 6) is 0.822. The fourth-order valence-corrected chi connectivity index (χ4v) is 1.73. The Morgan fingerprint density at radius 1 is 1.05 bits per heavy atom. The zero-order valence-corrected chi connectivity index (χ0v) is 11.0. The SMILES string of the molecule is CC(O)C=Cc1ccccc1OCc1ccccc1. The molecule has 0 fully saturated rings. The third-order valence-electron chi connectivity index (χ3n) is 2.71. The molecule has 0 aromatic heterocycles. The van der Waals surface area contributed by atoms with E-state index in [1.165, 1.54) is 0 Å². The van der Waals surface area contributed by atoms with Crippen LogP contribution in [-0.2, 0) is 6.61 Å². The van der Waals surface area contributed by atoms with Crippen molar-refractivity contribution in [3.63, 3.8) is 0 Å². The second kappa shape index (κ2) is 6.76. The summed E-state index contributed by atoms with van der Waals surface area (Å²) >= 11 is 0. The van der Waals surface area contributed by atoms with E-state index in [9.17, 15) is 5.11 Å². The number of benzene rings is 2. The largest absolute Gasteiger partial charge is 0.488 e. The molecular weight excluding hydrogens is 236 g/mol. The zero-order chi connectivity index (χ0) is 13.5. The van der Waals surface area contributed by atoms with Crippen LogP contribution in [0.1, 0.15) is 18.1 Å². The van der Waals surface area contributed by atoms with Gasteiger partial charge in [0.2, 0.25) is 0 Å². The standard InChI is InChI=1S/C17H18O2/c1-14(18)11-12-16-9-5-6-10-17(16)19-13-15-7-3-2-4-8-15/h2-12,14,18H,13H2,1H3. The number of para-hydroxylation sites is 1. The molecule has 1 atom stereocenters. The van der Waals surface area contributed by atoms with Gasteiger partial charge in [0, 0.05) is 5.56 Å². The fraction of sp³-hybridized carbons (Fsp3) is 0.176. The first-order valence-corrected chi connectivity index (χ1v) is 6.38. The van der Waals surface area contributed by atoms with Crippen LogP contribution in [0.15, 0.2) is 60.7 Å². The smallest absolute Gasteiger partial charge is 0.127 e. The first-order valence-electron chi connectivity index (χ1n) is 6.38. The van der Waals surface area contributed by atoms with Gasteiger partial charge in [0.05, 0.1) is 6.10 Å². The molecule has 0 spiro atoms. The molecule has 0 radical (unpaired) electrons. The average molecular weight is 254 g/mol. The van der Waals surface area contributed by atoms with Gasteiger partial charge in [-0.3, -0.25) is 0 Å². The van der Waals surface area contributed by atoms with E-state index in [2.05, 4.69) is 0 Å². The molecule has 0 aliphatic rings. The van der Waals surface area contributed by atoms with Crippen LogP contribution >= 0.6 is 0 Å². The molecule has 0 aliphatic heterocycles. The molecule has 19 heavy (non-hydrogen) atoms. The maximum atomic E-state index is 9.28. The van der Waals surface area contributed by atoms with Crippen molar-refractivity contribution in [3.05, 3.63) is 71.8 Å². The summed E-state index contributed by atoms with van der Waals surface area (Å²) in [7, 11) is 0. The third-order valence-corrected chi connectivity index (χ3v) is 2.71. The predicted molar refractivity (Wildman–Crippen MR) is 77.9 cm³/mol. The van der Waals surface area contributed by atoms with Crippen LogP contribution in [0, 0.1) is 0 Å². The molecule has 0 bridgehead atoms. The molecule has 2 rings (SSSR count). The van der Waals surface area contributed by atoms with E-state index in [0.29, 0.717) is 6.61 Å². The van der Waals surface area contributed by atoms with E-state index in [1.807, 2.05) is 60.7 Å². The highest BCUT2D eigenvalue weighted by atomic mass is 16.5. The Labute approximate surface area is 114 Å². The third kappa shape index (κ3) is 4.27. The van der Waals surface area contributed by atoms with Crippen molar-refractivity contribution in [2.45, 2.75) is 19.6 Å². The molecule has 2 aromatic carbocycles. The van der Waals surface area contributed by atoms with E-state index >= 15 is 0 Å². The Morgan fingerprint density at radius 3 is 2.47 bits per heavy atom. The van der Waals surface area contributed by atoms with Gasteiger partial charge in [0.15, 0.2) is 0 Å². The number of ether oxygens (including phenoxy) is 1. The predicted octanol–water partition coefficient (Wildman–Crippen LogP) is 3.66. The molecule has 1 N–H and O–H groups in total. The fourth-order valence-electron chi connectivity index (χ4n) is 1.73. The van der Waals surface area contributed by atoms with Crippen molar-refractivity contribution in [2.75, 3.05) is 0 Å². The molecule has 2 nitrogen and oxygen atoms in total. The number of hydrogen-bond donors (Lipinski definition) is 1. The average Bonchev–Trinajstić information content (AvgIpc) is 2.45. The molecule has 0 saturated heterocycles. The molecule has 0 saturated carbocycles. The van der Waals surface area contributed by atoms with E-state index in [1.54, 1.807) is 13.0 Å². The highest BCUT2D eigenvalue weighted by molar-refractivity contribution is 5.57. The minimum atomic E-state index is -0.456. The van der Waals surface area contributed by atoms with Crippen molar-refractivity contribution in [1.29, 1.82) is 0 Å². The molecule has 0 aliphatic carbocycles. The van der Waals surface area contributed by atoms with Gasteiger partial charge in [-0.05, 0) is 18.6 Å². The molecular formula is C17H18O2. The molecule has 1 unspecified atom stereocenters. The van der Waals surface area contributed by atoms with Crippen molar-refractivity contribution in [2.24, 2.45) is 0 Å². The summed E-state index contributed by atoms with van der Waals surface area (Å²) in [4.78, 5) is 0. The summed E-state index contributed by atoms with van der Waals surface area (Å²) in [6.45, 7) is 2.27. The lowest BCUT2D eigenvalue weighted by molar-refractivity contribution is 0.245. The van der Waals surface area contributed by atoms with Crippen molar-refractivity contribution >= 4 is 6.08 Å². The number of aliphatic hydroxyl groups excluding tert-OH is 1. The lowest BCUT2D eigenvalue weighted by Gasteiger charge is -2.09. The summed E-state index contributed by atoms with van der Waals surface area (Å²) in [6.07, 6.45) is 3.16. The summed E-state index contributed by atoms with van der Waals surface area (Å²) in [5.41, 5.74) is 2.11. The zero-order valence-electron chi connectivity index (χ0n) is 11.0. The van der Waals surface area contributed by atoms with E-state index in [0.717, 1.165) is 16.9 Å². The second-order valence-electron chi connectivity index (χ2n) is 4.41. The molecule has 0 amide bonds. The minimum absolute atomic E-state index is 0.456. The number of aliphatic hydroxyl groups is 1. The van der Waals surface area contributed by atoms with Gasteiger partial charge in [-0.2, -0.15) is 0 Å². The van der Waals surface area contributed by atoms with Crippen molar-refractivity contribution in [1.82, 2.24) is 0 Å². The summed E-state index contributed by atoms with van der Waals surface area (Å²) in [6, 6.07) is 17.9. The highest BCUT2D eigenvalue weighted by Gasteiger charge is 2.00. The lowest BCUT2D eigenvalue weighted by atomic mass is 10.1. The quantitative estimate of drug-likeness (QED) is 0.882. The summed E-state index contributed by atoms with van der Waals surface area (Å²) in [5, 5.41) is 9.28. The minimum Gasteiger partial charge on any atom is -0.488 e. The Hall–Kier alpha value is -2.06. The Bertz CT molecular complexity index is 530. The van der Waals surface area contributed by atoms with E-state index < -0.39 is 6.10 Å². The van der Waals surface area contributed by atoms with Crippen LogP contribution in [-0.4, -0.2) is 11.2 Å². The Balaban J connectivity index is 2.08. The van der Waals surface area contributed by atoms with Gasteiger partial charge in [0.1, 0.15) is 12.4 Å². The molecule has 2 aromatic rings. The Kier molecular flexibility index (Phi) is 4.76. The highest BCUT2D eigenvalue weighted by Crippen LogP contribution is 2.21. The van der Waals surface area contributed by atoms with Gasteiger partial charge in [-0.1, -0.05) is 60.7 Å². The lowest BCUT2D eigenvalue weighted by Crippen LogP contribution is -1.97. The maximum Gasteiger partial charge on any atom is 0.127 e. The van der Waals surface area contributed by atoms with Gasteiger partial charge >= 0.3 is 0 Å². The van der Waals surface area contributed by atoms with Crippen molar-refractivity contribution in [3.8, 4) is 5.75 Å². The van der Waals surface area contributed by atoms with Gasteiger partial charge in [-0.25, -0.2) is 0 Å². The normalized spacial score (nSPS) is 12.5. The first kappa shape index (κ1) is 13.4. The molecule has 0 heterocycles. The van der Waals surface area contributed by atoms with Crippen LogP contribution in [0.2, 0.25) is 0 Å². The van der Waals surface area contributed by atoms with Gasteiger partial charge < -0.3 is 9.84 Å². The van der Waals surface area contributed by atoms with Crippen LogP contribution in [0.25, 0.3) is 6.08 Å². The summed E-state index contributed by atoms with van der Waals surface area (Å²) < 4.78 is 5.82. The number of rotatable bonds is 5. The van der Waals surface area contributed by atoms with E-state index in [4.69, 9.17) is 4.74 Å². The molecule has 98 valence electrons. The first-order chi connectivity index (χ1) is 9.25. The monoisotopic (exact) mass is 254 g/mol. The van der Waals surface area contributed by atoms with Crippen LogP contribution in [0.5, 0.6) is 5.75 Å². The van der Waals surface area contributed by atoms with E-state index in [-0.39, 0.29) is 0 Å². The number of hydrogen-bond acceptors (Lipinski definition) is 2.